The van der Waals surface area contributed by atoms with Gasteiger partial charge in [-0.1, -0.05) is 56.3 Å². The molecule has 0 aliphatic carbocycles. The molecule has 3 heteroatoms. The fourth-order valence-corrected chi connectivity index (χ4v) is 1.28. The summed E-state index contributed by atoms with van der Waals surface area (Å²) in [6.45, 7) is 3.91. The maximum absolute atomic E-state index is 9.66. The lowest BCUT2D eigenvalue weighted by atomic mass is 10.1. The molecule has 96 valence electrons. The van der Waals surface area contributed by atoms with Gasteiger partial charge in [0.15, 0.2) is 0 Å². The molecule has 1 unspecified atom stereocenters. The van der Waals surface area contributed by atoms with E-state index in [1.807, 2.05) is 50.3 Å². The highest BCUT2D eigenvalue weighted by Crippen LogP contribution is 2.03. The third-order valence-electron chi connectivity index (χ3n) is 2.27. The van der Waals surface area contributed by atoms with Gasteiger partial charge in [0, 0.05) is 0 Å². The molecular weight excluding hydrogens is 214 g/mol. The van der Waals surface area contributed by atoms with Crippen LogP contribution in [0, 0.1) is 0 Å². The third-order valence-corrected chi connectivity index (χ3v) is 2.27. The van der Waals surface area contributed by atoms with Crippen LogP contribution in [-0.4, -0.2) is 36.0 Å². The van der Waals surface area contributed by atoms with Gasteiger partial charge in [0.2, 0.25) is 0 Å². The van der Waals surface area contributed by atoms with Crippen molar-refractivity contribution in [2.24, 2.45) is 0 Å². The van der Waals surface area contributed by atoms with E-state index in [9.17, 15) is 5.11 Å². The molecule has 1 rings (SSSR count). The molecule has 0 amide bonds. The van der Waals surface area contributed by atoms with E-state index in [-0.39, 0.29) is 12.6 Å². The second-order valence-corrected chi connectivity index (χ2v) is 3.34. The van der Waals surface area contributed by atoms with E-state index in [0.29, 0.717) is 0 Å². The van der Waals surface area contributed by atoms with Crippen LogP contribution in [0.1, 0.15) is 19.4 Å². The largest absolute Gasteiger partial charge is 0.395 e. The summed E-state index contributed by atoms with van der Waals surface area (Å²) in [7, 11) is 1.71. The minimum absolute atomic E-state index is 0.0865. The molecule has 0 heterocycles. The SMILES string of the molecule is CC.CNC(CO)[C@@H](O)/C=C/c1ccccc1. The fraction of sp³-hybridized carbons (Fsp3) is 0.429. The Morgan fingerprint density at radius 1 is 1.24 bits per heavy atom. The van der Waals surface area contributed by atoms with Gasteiger partial charge in [-0.3, -0.25) is 0 Å². The zero-order chi connectivity index (χ0) is 13.1. The molecule has 1 aromatic carbocycles. The molecular formula is C14H23NO2. The number of hydrogen-bond donors (Lipinski definition) is 3. The Morgan fingerprint density at radius 3 is 2.29 bits per heavy atom. The number of nitrogens with one attached hydrogen (secondary N) is 1. The quantitative estimate of drug-likeness (QED) is 0.730. The highest BCUT2D eigenvalue weighted by Gasteiger charge is 2.12. The first-order valence-electron chi connectivity index (χ1n) is 5.97. The summed E-state index contributed by atoms with van der Waals surface area (Å²) < 4.78 is 0. The zero-order valence-corrected chi connectivity index (χ0v) is 10.8. The van der Waals surface area contributed by atoms with Crippen LogP contribution >= 0.6 is 0 Å². The Kier molecular flexibility index (Phi) is 9.34. The molecule has 0 saturated carbocycles. The van der Waals surface area contributed by atoms with E-state index >= 15 is 0 Å². The molecule has 0 aliphatic rings. The van der Waals surface area contributed by atoms with Gasteiger partial charge in [-0.15, -0.1) is 0 Å². The standard InChI is InChI=1S/C12H17NO2.C2H6/c1-13-11(9-14)12(15)8-7-10-5-3-2-4-6-10;1-2/h2-8,11-15H,9H2,1H3;1-2H3/b8-7+;/t11?,12-;/m0./s1. The molecule has 3 nitrogen and oxygen atoms in total. The summed E-state index contributed by atoms with van der Waals surface area (Å²) in [4.78, 5) is 0. The predicted molar refractivity (Wildman–Crippen MR) is 72.8 cm³/mol. The first kappa shape index (κ1) is 15.8. The molecule has 0 bridgehead atoms. The van der Waals surface area contributed by atoms with Crippen LogP contribution in [0.25, 0.3) is 6.08 Å². The van der Waals surface area contributed by atoms with E-state index in [1.54, 1.807) is 13.1 Å². The lowest BCUT2D eigenvalue weighted by Crippen LogP contribution is -2.39. The first-order chi connectivity index (χ1) is 8.27. The highest BCUT2D eigenvalue weighted by molar-refractivity contribution is 5.49. The Bertz CT molecular complexity index is 294. The Balaban J connectivity index is 0.00000121. The predicted octanol–water partition coefficient (Wildman–Crippen LogP) is 1.67. The van der Waals surface area contributed by atoms with Crippen LogP contribution in [0.5, 0.6) is 0 Å². The number of rotatable bonds is 5. The molecule has 0 spiro atoms. The summed E-state index contributed by atoms with van der Waals surface area (Å²) in [6, 6.07) is 9.41. The summed E-state index contributed by atoms with van der Waals surface area (Å²) in [5, 5.41) is 21.4. The number of benzene rings is 1. The number of aliphatic hydroxyl groups excluding tert-OH is 2. The molecule has 0 fully saturated rings. The minimum Gasteiger partial charge on any atom is -0.395 e. The Morgan fingerprint density at radius 2 is 1.82 bits per heavy atom. The Labute approximate surface area is 104 Å². The summed E-state index contributed by atoms with van der Waals surface area (Å²) >= 11 is 0. The average molecular weight is 237 g/mol. The Hall–Kier alpha value is -1.16. The van der Waals surface area contributed by atoms with E-state index in [0.717, 1.165) is 5.56 Å². The van der Waals surface area contributed by atoms with Gasteiger partial charge >= 0.3 is 0 Å². The number of aliphatic hydroxyl groups is 2. The van der Waals surface area contributed by atoms with E-state index < -0.39 is 6.10 Å². The maximum Gasteiger partial charge on any atom is 0.0899 e. The van der Waals surface area contributed by atoms with Crippen LogP contribution in [0.15, 0.2) is 36.4 Å². The van der Waals surface area contributed by atoms with Gasteiger partial charge in [-0.2, -0.15) is 0 Å². The summed E-state index contributed by atoms with van der Waals surface area (Å²) in [5.74, 6) is 0. The fourth-order valence-electron chi connectivity index (χ4n) is 1.28. The molecule has 3 N–H and O–H groups in total. The van der Waals surface area contributed by atoms with Crippen LogP contribution in [0.4, 0.5) is 0 Å². The smallest absolute Gasteiger partial charge is 0.0899 e. The van der Waals surface area contributed by atoms with Crippen molar-refractivity contribution in [1.82, 2.24) is 5.32 Å². The lowest BCUT2D eigenvalue weighted by Gasteiger charge is -2.16. The molecule has 0 radical (unpaired) electrons. The van der Waals surface area contributed by atoms with Crippen molar-refractivity contribution in [1.29, 1.82) is 0 Å². The van der Waals surface area contributed by atoms with E-state index in [2.05, 4.69) is 5.32 Å². The third kappa shape index (κ3) is 6.22. The van der Waals surface area contributed by atoms with Gasteiger partial charge in [0.25, 0.3) is 0 Å². The molecule has 0 aromatic heterocycles. The summed E-state index contributed by atoms with van der Waals surface area (Å²) in [6.07, 6.45) is 2.83. The molecule has 1 aromatic rings. The number of hydrogen-bond acceptors (Lipinski definition) is 3. The van der Waals surface area contributed by atoms with Gasteiger partial charge < -0.3 is 15.5 Å². The van der Waals surface area contributed by atoms with E-state index in [1.165, 1.54) is 0 Å². The second kappa shape index (κ2) is 10.0. The van der Waals surface area contributed by atoms with Crippen LogP contribution in [0.2, 0.25) is 0 Å². The average Bonchev–Trinajstić information content (AvgIpc) is 2.41. The van der Waals surface area contributed by atoms with Crippen molar-refractivity contribution in [2.75, 3.05) is 13.7 Å². The van der Waals surface area contributed by atoms with Crippen LogP contribution < -0.4 is 5.32 Å². The molecule has 17 heavy (non-hydrogen) atoms. The highest BCUT2D eigenvalue weighted by atomic mass is 16.3. The van der Waals surface area contributed by atoms with Crippen LogP contribution in [-0.2, 0) is 0 Å². The van der Waals surface area contributed by atoms with Crippen molar-refractivity contribution >= 4 is 6.08 Å². The number of likely N-dealkylation sites (N-methyl/N-ethyl adjacent to an activating group) is 1. The van der Waals surface area contributed by atoms with Gasteiger partial charge in [-0.25, -0.2) is 0 Å². The summed E-state index contributed by atoms with van der Waals surface area (Å²) in [5.41, 5.74) is 1.03. The molecule has 0 saturated heterocycles. The monoisotopic (exact) mass is 237 g/mol. The lowest BCUT2D eigenvalue weighted by molar-refractivity contribution is 0.128. The first-order valence-corrected chi connectivity index (χ1v) is 5.97. The molecule has 2 atom stereocenters. The van der Waals surface area contributed by atoms with Gasteiger partial charge in [0.05, 0.1) is 18.8 Å². The van der Waals surface area contributed by atoms with Crippen LogP contribution in [0.3, 0.4) is 0 Å². The van der Waals surface area contributed by atoms with Crippen molar-refractivity contribution in [2.45, 2.75) is 26.0 Å². The van der Waals surface area contributed by atoms with E-state index in [4.69, 9.17) is 5.11 Å². The normalized spacial score (nSPS) is 13.9. The van der Waals surface area contributed by atoms with Crippen molar-refractivity contribution in [3.8, 4) is 0 Å². The topological polar surface area (TPSA) is 52.5 Å². The second-order valence-electron chi connectivity index (χ2n) is 3.34. The van der Waals surface area contributed by atoms with Crippen molar-refractivity contribution in [3.63, 3.8) is 0 Å². The zero-order valence-electron chi connectivity index (χ0n) is 10.8. The van der Waals surface area contributed by atoms with Gasteiger partial charge in [-0.05, 0) is 12.6 Å². The van der Waals surface area contributed by atoms with Crippen molar-refractivity contribution < 1.29 is 10.2 Å². The molecule has 0 aliphatic heterocycles. The minimum atomic E-state index is -0.680. The maximum atomic E-state index is 9.66. The van der Waals surface area contributed by atoms with Crippen molar-refractivity contribution in [3.05, 3.63) is 42.0 Å². The van der Waals surface area contributed by atoms with Gasteiger partial charge in [0.1, 0.15) is 0 Å².